The predicted molar refractivity (Wildman–Crippen MR) is 112 cm³/mol. The van der Waals surface area contributed by atoms with Crippen molar-refractivity contribution in [1.29, 1.82) is 0 Å². The number of rotatable bonds is 6. The van der Waals surface area contributed by atoms with Crippen molar-refractivity contribution in [2.45, 2.75) is 13.8 Å². The van der Waals surface area contributed by atoms with Gasteiger partial charge in [-0.15, -0.1) is 0 Å². The molecule has 1 saturated heterocycles. The van der Waals surface area contributed by atoms with Crippen molar-refractivity contribution < 1.29 is 9.53 Å². The van der Waals surface area contributed by atoms with Gasteiger partial charge in [0.2, 0.25) is 5.88 Å². The Labute approximate surface area is 175 Å². The fraction of sp³-hybridized carbons (Fsp3) is 0.381. The zero-order valence-electron chi connectivity index (χ0n) is 17.2. The van der Waals surface area contributed by atoms with Crippen LogP contribution in [0.15, 0.2) is 43.0 Å². The maximum Gasteiger partial charge on any atom is 0.272 e. The topological polar surface area (TPSA) is 100 Å². The highest BCUT2D eigenvalue weighted by molar-refractivity contribution is 5.93. The lowest BCUT2D eigenvalue weighted by atomic mass is 10.2. The molecule has 4 rings (SSSR count). The molecule has 0 radical (unpaired) electrons. The first-order valence-corrected chi connectivity index (χ1v) is 10.0. The van der Waals surface area contributed by atoms with Gasteiger partial charge in [0.1, 0.15) is 17.8 Å². The number of hydrogen-bond donors (Lipinski definition) is 1. The quantitative estimate of drug-likeness (QED) is 0.669. The third kappa shape index (κ3) is 4.56. The fourth-order valence-electron chi connectivity index (χ4n) is 3.24. The molecule has 0 atom stereocenters. The summed E-state index contributed by atoms with van der Waals surface area (Å²) < 4.78 is 5.70. The minimum atomic E-state index is -0.0547. The molecule has 1 N–H and O–H groups in total. The summed E-state index contributed by atoms with van der Waals surface area (Å²) in [4.78, 5) is 29.5. The molecule has 0 unspecified atom stereocenters. The van der Waals surface area contributed by atoms with Crippen LogP contribution in [0.25, 0.3) is 11.3 Å². The average molecular weight is 407 g/mol. The second kappa shape index (κ2) is 8.89. The van der Waals surface area contributed by atoms with E-state index in [9.17, 15) is 4.79 Å². The Balaban J connectivity index is 1.36. The van der Waals surface area contributed by atoms with Gasteiger partial charge in [-0.25, -0.2) is 9.97 Å². The minimum absolute atomic E-state index is 0.0547. The number of H-pyrrole nitrogens is 1. The van der Waals surface area contributed by atoms with Crippen LogP contribution in [0.4, 0.5) is 5.82 Å². The zero-order chi connectivity index (χ0) is 20.9. The van der Waals surface area contributed by atoms with Gasteiger partial charge in [-0.3, -0.25) is 14.9 Å². The first kappa shape index (κ1) is 19.8. The van der Waals surface area contributed by atoms with E-state index in [0.29, 0.717) is 56.0 Å². The van der Waals surface area contributed by atoms with Gasteiger partial charge in [0.05, 0.1) is 12.3 Å². The Morgan fingerprint density at radius 2 is 2.03 bits per heavy atom. The molecular weight excluding hydrogens is 382 g/mol. The normalized spacial score (nSPS) is 14.2. The molecule has 1 aliphatic heterocycles. The molecule has 0 spiro atoms. The molecule has 1 fully saturated rings. The van der Waals surface area contributed by atoms with Gasteiger partial charge in [0.25, 0.3) is 5.91 Å². The summed E-state index contributed by atoms with van der Waals surface area (Å²) >= 11 is 0. The van der Waals surface area contributed by atoms with Crippen molar-refractivity contribution in [1.82, 2.24) is 30.0 Å². The van der Waals surface area contributed by atoms with Crippen LogP contribution < -0.4 is 9.64 Å². The van der Waals surface area contributed by atoms with Crippen LogP contribution in [0.1, 0.15) is 24.3 Å². The first-order valence-electron chi connectivity index (χ1n) is 10.0. The number of carbonyl (C=O) groups excluding carboxylic acids is 1. The lowest BCUT2D eigenvalue weighted by Crippen LogP contribution is -2.49. The van der Waals surface area contributed by atoms with Crippen LogP contribution in [0.5, 0.6) is 5.88 Å². The molecule has 1 amide bonds. The Morgan fingerprint density at radius 3 is 2.77 bits per heavy atom. The molecule has 3 aromatic heterocycles. The van der Waals surface area contributed by atoms with E-state index in [4.69, 9.17) is 4.74 Å². The maximum absolute atomic E-state index is 12.9. The summed E-state index contributed by atoms with van der Waals surface area (Å²) in [6, 6.07) is 7.39. The zero-order valence-corrected chi connectivity index (χ0v) is 17.2. The summed E-state index contributed by atoms with van der Waals surface area (Å²) in [6.07, 6.45) is 4.95. The number of aromatic nitrogens is 5. The molecular formula is C21H25N7O2. The van der Waals surface area contributed by atoms with Gasteiger partial charge < -0.3 is 14.5 Å². The standard InChI is InChI=1S/C21H25N7O2/c1-15(2)13-30-20-11-19(23-14-24-20)27-6-8-28(9-7-27)21(29)18-10-17(25-26-18)16-4-3-5-22-12-16/h3-5,10-12,14-15H,6-9,13H2,1-2H3,(H,25,26). The van der Waals surface area contributed by atoms with Gasteiger partial charge in [0.15, 0.2) is 0 Å². The summed E-state index contributed by atoms with van der Waals surface area (Å²) in [5.74, 6) is 1.77. The number of ether oxygens (including phenoxy) is 1. The van der Waals surface area contributed by atoms with E-state index < -0.39 is 0 Å². The van der Waals surface area contributed by atoms with Gasteiger partial charge in [0, 0.05) is 50.2 Å². The van der Waals surface area contributed by atoms with E-state index in [1.54, 1.807) is 18.5 Å². The number of amides is 1. The van der Waals surface area contributed by atoms with E-state index in [1.807, 2.05) is 23.1 Å². The highest BCUT2D eigenvalue weighted by Gasteiger charge is 2.24. The highest BCUT2D eigenvalue weighted by atomic mass is 16.5. The van der Waals surface area contributed by atoms with E-state index in [-0.39, 0.29) is 5.91 Å². The summed E-state index contributed by atoms with van der Waals surface area (Å²) in [5, 5.41) is 7.11. The van der Waals surface area contributed by atoms with E-state index in [1.165, 1.54) is 6.33 Å². The molecule has 1 aliphatic rings. The van der Waals surface area contributed by atoms with Crippen molar-refractivity contribution in [3.05, 3.63) is 48.7 Å². The number of hydrogen-bond acceptors (Lipinski definition) is 7. The molecule has 9 heteroatoms. The third-order valence-electron chi connectivity index (χ3n) is 4.85. The second-order valence-corrected chi connectivity index (χ2v) is 7.61. The summed E-state index contributed by atoms with van der Waals surface area (Å²) in [7, 11) is 0. The number of nitrogens with one attached hydrogen (secondary N) is 1. The highest BCUT2D eigenvalue weighted by Crippen LogP contribution is 2.20. The molecule has 0 aromatic carbocycles. The van der Waals surface area contributed by atoms with Crippen LogP contribution in [-0.2, 0) is 0 Å². The van der Waals surface area contributed by atoms with Crippen LogP contribution in [0, 0.1) is 5.92 Å². The van der Waals surface area contributed by atoms with Crippen molar-refractivity contribution >= 4 is 11.7 Å². The van der Waals surface area contributed by atoms with E-state index in [2.05, 4.69) is 43.9 Å². The molecule has 3 aromatic rings. The van der Waals surface area contributed by atoms with Crippen molar-refractivity contribution in [2.75, 3.05) is 37.7 Å². The summed E-state index contributed by atoms with van der Waals surface area (Å²) in [5.41, 5.74) is 2.06. The molecule has 156 valence electrons. The van der Waals surface area contributed by atoms with Crippen LogP contribution >= 0.6 is 0 Å². The number of piperazine rings is 1. The van der Waals surface area contributed by atoms with Crippen molar-refractivity contribution in [3.8, 4) is 17.1 Å². The lowest BCUT2D eigenvalue weighted by Gasteiger charge is -2.35. The molecule has 4 heterocycles. The SMILES string of the molecule is CC(C)COc1cc(N2CCN(C(=O)c3cc(-c4cccnc4)n[nH]3)CC2)ncn1. The van der Waals surface area contributed by atoms with Gasteiger partial charge >= 0.3 is 0 Å². The number of anilines is 1. The smallest absolute Gasteiger partial charge is 0.272 e. The Morgan fingerprint density at radius 1 is 1.20 bits per heavy atom. The monoisotopic (exact) mass is 407 g/mol. The number of carbonyl (C=O) groups is 1. The van der Waals surface area contributed by atoms with Gasteiger partial charge in [-0.05, 0) is 24.1 Å². The first-order chi connectivity index (χ1) is 14.6. The van der Waals surface area contributed by atoms with E-state index >= 15 is 0 Å². The Hall–Kier alpha value is -3.49. The largest absolute Gasteiger partial charge is 0.477 e. The van der Waals surface area contributed by atoms with Gasteiger partial charge in [-0.2, -0.15) is 5.10 Å². The summed E-state index contributed by atoms with van der Waals surface area (Å²) in [6.45, 7) is 7.39. The lowest BCUT2D eigenvalue weighted by molar-refractivity contribution is 0.0740. The van der Waals surface area contributed by atoms with Crippen LogP contribution in [-0.4, -0.2) is 68.7 Å². The molecule has 0 bridgehead atoms. The molecule has 9 nitrogen and oxygen atoms in total. The molecule has 0 saturated carbocycles. The third-order valence-corrected chi connectivity index (χ3v) is 4.85. The number of pyridine rings is 1. The number of nitrogens with zero attached hydrogens (tertiary/aromatic N) is 6. The fourth-order valence-corrected chi connectivity index (χ4v) is 3.24. The minimum Gasteiger partial charge on any atom is -0.477 e. The second-order valence-electron chi connectivity index (χ2n) is 7.61. The predicted octanol–water partition coefficient (Wildman–Crippen LogP) is 2.26. The molecule has 0 aliphatic carbocycles. The van der Waals surface area contributed by atoms with Gasteiger partial charge in [-0.1, -0.05) is 13.8 Å². The van der Waals surface area contributed by atoms with Crippen LogP contribution in [0.2, 0.25) is 0 Å². The average Bonchev–Trinajstić information content (AvgIpc) is 3.28. The van der Waals surface area contributed by atoms with Crippen molar-refractivity contribution in [3.63, 3.8) is 0 Å². The Bertz CT molecular complexity index is 982. The Kier molecular flexibility index (Phi) is 5.87. The van der Waals surface area contributed by atoms with E-state index in [0.717, 1.165) is 11.4 Å². The maximum atomic E-state index is 12.9. The number of aromatic amines is 1. The van der Waals surface area contributed by atoms with Crippen LogP contribution in [0.3, 0.4) is 0 Å². The molecule has 30 heavy (non-hydrogen) atoms. The van der Waals surface area contributed by atoms with Crippen molar-refractivity contribution in [2.24, 2.45) is 5.92 Å².